The van der Waals surface area contributed by atoms with Crippen molar-refractivity contribution < 1.29 is 0 Å². The lowest BCUT2D eigenvalue weighted by atomic mass is 9.94. The van der Waals surface area contributed by atoms with E-state index < -0.39 is 0 Å². The summed E-state index contributed by atoms with van der Waals surface area (Å²) in [7, 11) is 2.14. The first kappa shape index (κ1) is 12.9. The van der Waals surface area contributed by atoms with Crippen LogP contribution in [0, 0.1) is 0 Å². The van der Waals surface area contributed by atoms with E-state index in [1.807, 2.05) is 6.08 Å². The van der Waals surface area contributed by atoms with Crippen LogP contribution in [0.2, 0.25) is 0 Å². The Kier molecular flexibility index (Phi) is 2.87. The van der Waals surface area contributed by atoms with E-state index in [-0.39, 0.29) is 0 Å². The molecule has 3 aromatic rings. The van der Waals surface area contributed by atoms with Crippen LogP contribution in [0.15, 0.2) is 73.3 Å². The Morgan fingerprint density at radius 1 is 0.727 bits per heavy atom. The van der Waals surface area contributed by atoms with Crippen LogP contribution in [-0.4, -0.2) is 7.05 Å². The van der Waals surface area contributed by atoms with Crippen molar-refractivity contribution in [2.45, 2.75) is 0 Å². The van der Waals surface area contributed by atoms with E-state index in [1.54, 1.807) is 0 Å². The van der Waals surface area contributed by atoms with Gasteiger partial charge in [0.05, 0.1) is 0 Å². The predicted molar refractivity (Wildman–Crippen MR) is 95.5 cm³/mol. The summed E-state index contributed by atoms with van der Waals surface area (Å²) in [6.45, 7) is 3.90. The van der Waals surface area contributed by atoms with Crippen molar-refractivity contribution in [1.82, 2.24) is 0 Å². The highest BCUT2D eigenvalue weighted by Crippen LogP contribution is 2.46. The fourth-order valence-corrected chi connectivity index (χ4v) is 3.27. The predicted octanol–water partition coefficient (Wildman–Crippen LogP) is 5.74. The number of benzene rings is 3. The summed E-state index contributed by atoms with van der Waals surface area (Å²) in [4.78, 5) is 2.28. The van der Waals surface area contributed by atoms with Crippen LogP contribution < -0.4 is 4.90 Å². The third-order valence-electron chi connectivity index (χ3n) is 4.39. The SMILES string of the molecule is C=Cc1ccc2c(c1)-c1ccccc1-c1ccccc1N2C. The molecule has 0 saturated carbocycles. The lowest BCUT2D eigenvalue weighted by Gasteiger charge is -2.22. The fourth-order valence-electron chi connectivity index (χ4n) is 3.27. The van der Waals surface area contributed by atoms with Crippen molar-refractivity contribution in [2.24, 2.45) is 0 Å². The van der Waals surface area contributed by atoms with Gasteiger partial charge < -0.3 is 4.90 Å². The van der Waals surface area contributed by atoms with Crippen molar-refractivity contribution >= 4 is 17.5 Å². The van der Waals surface area contributed by atoms with Gasteiger partial charge in [0.25, 0.3) is 0 Å². The number of hydrogen-bond donors (Lipinski definition) is 0. The zero-order chi connectivity index (χ0) is 15.1. The van der Waals surface area contributed by atoms with Gasteiger partial charge in [-0.05, 0) is 34.9 Å². The maximum absolute atomic E-state index is 3.90. The van der Waals surface area contributed by atoms with E-state index in [4.69, 9.17) is 0 Å². The minimum atomic E-state index is 1.15. The molecule has 0 spiro atoms. The molecule has 4 rings (SSSR count). The minimum absolute atomic E-state index is 1.15. The molecule has 1 aliphatic rings. The Morgan fingerprint density at radius 3 is 2.05 bits per heavy atom. The zero-order valence-corrected chi connectivity index (χ0v) is 12.6. The molecule has 0 saturated heterocycles. The molecular weight excluding hydrogens is 266 g/mol. The molecule has 0 aromatic heterocycles. The van der Waals surface area contributed by atoms with Crippen LogP contribution >= 0.6 is 0 Å². The topological polar surface area (TPSA) is 3.24 Å². The Morgan fingerprint density at radius 2 is 1.32 bits per heavy atom. The Hall–Kier alpha value is -2.80. The second-order valence-corrected chi connectivity index (χ2v) is 5.60. The molecule has 0 fully saturated rings. The van der Waals surface area contributed by atoms with Crippen LogP contribution in [0.3, 0.4) is 0 Å². The van der Waals surface area contributed by atoms with Crippen molar-refractivity contribution in [3.63, 3.8) is 0 Å². The molecule has 22 heavy (non-hydrogen) atoms. The quantitative estimate of drug-likeness (QED) is 0.550. The largest absolute Gasteiger partial charge is 0.344 e. The van der Waals surface area contributed by atoms with Crippen LogP contribution in [0.25, 0.3) is 28.3 Å². The van der Waals surface area contributed by atoms with Gasteiger partial charge in [0.1, 0.15) is 0 Å². The average Bonchev–Trinajstić information content (AvgIpc) is 2.70. The van der Waals surface area contributed by atoms with Gasteiger partial charge in [0, 0.05) is 29.5 Å². The zero-order valence-electron chi connectivity index (χ0n) is 12.6. The molecule has 0 unspecified atom stereocenters. The highest BCUT2D eigenvalue weighted by atomic mass is 15.1. The van der Waals surface area contributed by atoms with Crippen LogP contribution in [0.5, 0.6) is 0 Å². The van der Waals surface area contributed by atoms with Crippen molar-refractivity contribution in [2.75, 3.05) is 11.9 Å². The van der Waals surface area contributed by atoms with Crippen LogP contribution in [-0.2, 0) is 0 Å². The van der Waals surface area contributed by atoms with Gasteiger partial charge in [-0.2, -0.15) is 0 Å². The van der Waals surface area contributed by atoms with E-state index in [0.717, 1.165) is 5.56 Å². The molecule has 0 atom stereocenters. The van der Waals surface area contributed by atoms with Gasteiger partial charge in [0.15, 0.2) is 0 Å². The highest BCUT2D eigenvalue weighted by Gasteiger charge is 2.21. The second-order valence-electron chi connectivity index (χ2n) is 5.60. The number of fused-ring (bicyclic) bond motifs is 5. The number of anilines is 2. The van der Waals surface area contributed by atoms with Gasteiger partial charge in [-0.15, -0.1) is 0 Å². The molecule has 0 amide bonds. The molecule has 0 radical (unpaired) electrons. The summed E-state index contributed by atoms with van der Waals surface area (Å²) in [6.07, 6.45) is 1.90. The lowest BCUT2D eigenvalue weighted by Crippen LogP contribution is -2.10. The summed E-state index contributed by atoms with van der Waals surface area (Å²) >= 11 is 0. The van der Waals surface area contributed by atoms with Gasteiger partial charge >= 0.3 is 0 Å². The molecule has 106 valence electrons. The summed E-state index contributed by atoms with van der Waals surface area (Å²) in [6, 6.07) is 23.8. The molecule has 0 aliphatic carbocycles. The third kappa shape index (κ3) is 1.79. The van der Waals surface area contributed by atoms with Gasteiger partial charge in [-0.1, -0.05) is 61.2 Å². The Bertz CT molecular complexity index is 877. The third-order valence-corrected chi connectivity index (χ3v) is 4.39. The Balaban J connectivity index is 2.14. The summed E-state index contributed by atoms with van der Waals surface area (Å²) in [5.74, 6) is 0. The highest BCUT2D eigenvalue weighted by molar-refractivity contribution is 5.99. The van der Waals surface area contributed by atoms with Gasteiger partial charge in [-0.3, -0.25) is 0 Å². The Labute approximate surface area is 131 Å². The lowest BCUT2D eigenvalue weighted by molar-refractivity contribution is 1.22. The number of nitrogens with zero attached hydrogens (tertiary/aromatic N) is 1. The van der Waals surface area contributed by atoms with Crippen molar-refractivity contribution in [1.29, 1.82) is 0 Å². The normalized spacial score (nSPS) is 12.0. The monoisotopic (exact) mass is 283 g/mol. The van der Waals surface area contributed by atoms with E-state index in [9.17, 15) is 0 Å². The first-order chi connectivity index (χ1) is 10.8. The van der Waals surface area contributed by atoms with E-state index in [1.165, 1.54) is 33.6 Å². The summed E-state index contributed by atoms with van der Waals surface area (Å²) in [5, 5.41) is 0. The standard InChI is InChI=1S/C21H17N/c1-3-15-12-13-21-19(14-15)17-9-5-4-8-16(17)18-10-6-7-11-20(18)22(21)2/h3-14H,1H2,2H3. The number of para-hydroxylation sites is 1. The molecule has 3 aromatic carbocycles. The van der Waals surface area contributed by atoms with Gasteiger partial charge in [-0.25, -0.2) is 0 Å². The van der Waals surface area contributed by atoms with E-state index >= 15 is 0 Å². The molecule has 1 nitrogen and oxygen atoms in total. The first-order valence-corrected chi connectivity index (χ1v) is 7.48. The molecule has 0 N–H and O–H groups in total. The minimum Gasteiger partial charge on any atom is -0.344 e. The summed E-state index contributed by atoms with van der Waals surface area (Å²) in [5.41, 5.74) is 8.70. The molecule has 1 heterocycles. The van der Waals surface area contributed by atoms with Gasteiger partial charge in [0.2, 0.25) is 0 Å². The second kappa shape index (κ2) is 4.88. The van der Waals surface area contributed by atoms with E-state index in [0.29, 0.717) is 0 Å². The average molecular weight is 283 g/mol. The maximum Gasteiger partial charge on any atom is 0.0488 e. The number of rotatable bonds is 1. The first-order valence-electron chi connectivity index (χ1n) is 7.48. The van der Waals surface area contributed by atoms with Crippen molar-refractivity contribution in [3.8, 4) is 22.3 Å². The fraction of sp³-hybridized carbons (Fsp3) is 0.0476. The van der Waals surface area contributed by atoms with Crippen molar-refractivity contribution in [3.05, 3.63) is 78.9 Å². The van der Waals surface area contributed by atoms with Crippen LogP contribution in [0.4, 0.5) is 11.4 Å². The smallest absolute Gasteiger partial charge is 0.0488 e. The van der Waals surface area contributed by atoms with Crippen LogP contribution in [0.1, 0.15) is 5.56 Å². The van der Waals surface area contributed by atoms with E-state index in [2.05, 4.69) is 85.3 Å². The molecule has 1 heteroatoms. The molecule has 0 bridgehead atoms. The maximum atomic E-state index is 3.90. The molecular formula is C21H17N. The number of hydrogen-bond acceptors (Lipinski definition) is 1. The molecule has 1 aliphatic heterocycles. The summed E-state index contributed by atoms with van der Waals surface area (Å²) < 4.78 is 0.